The van der Waals surface area contributed by atoms with E-state index in [-0.39, 0.29) is 0 Å². The molecule has 0 aromatic rings. The Labute approximate surface area is 94.5 Å². The SMILES string of the molecule is CCOCCOCC(C)CNCC(C)C. The summed E-state index contributed by atoms with van der Waals surface area (Å²) >= 11 is 0. The van der Waals surface area contributed by atoms with Gasteiger partial charge in [-0.2, -0.15) is 0 Å². The largest absolute Gasteiger partial charge is 0.379 e. The van der Waals surface area contributed by atoms with Crippen LogP contribution in [0.5, 0.6) is 0 Å². The van der Waals surface area contributed by atoms with Crippen LogP contribution < -0.4 is 5.32 Å². The summed E-state index contributed by atoms with van der Waals surface area (Å²) in [6.45, 7) is 13.8. The molecular weight excluding hydrogens is 190 g/mol. The number of hydrogen-bond acceptors (Lipinski definition) is 3. The van der Waals surface area contributed by atoms with E-state index in [0.717, 1.165) is 32.2 Å². The van der Waals surface area contributed by atoms with Crippen LogP contribution in [0.25, 0.3) is 0 Å². The first-order valence-electron chi connectivity index (χ1n) is 6.03. The topological polar surface area (TPSA) is 30.5 Å². The van der Waals surface area contributed by atoms with Gasteiger partial charge in [-0.15, -0.1) is 0 Å². The van der Waals surface area contributed by atoms with Crippen LogP contribution in [0.15, 0.2) is 0 Å². The first-order valence-corrected chi connectivity index (χ1v) is 6.03. The minimum Gasteiger partial charge on any atom is -0.379 e. The molecule has 15 heavy (non-hydrogen) atoms. The summed E-state index contributed by atoms with van der Waals surface area (Å²) in [5.41, 5.74) is 0. The van der Waals surface area contributed by atoms with Crippen molar-refractivity contribution in [2.45, 2.75) is 27.7 Å². The Hall–Kier alpha value is -0.120. The van der Waals surface area contributed by atoms with Gasteiger partial charge in [-0.3, -0.25) is 0 Å². The van der Waals surface area contributed by atoms with Crippen LogP contribution in [0.4, 0.5) is 0 Å². The van der Waals surface area contributed by atoms with Crippen LogP contribution in [-0.2, 0) is 9.47 Å². The van der Waals surface area contributed by atoms with Crippen LogP contribution in [0.3, 0.4) is 0 Å². The van der Waals surface area contributed by atoms with Gasteiger partial charge in [0.2, 0.25) is 0 Å². The molecule has 0 saturated carbocycles. The summed E-state index contributed by atoms with van der Waals surface area (Å²) in [5.74, 6) is 1.29. The van der Waals surface area contributed by atoms with Crippen molar-refractivity contribution in [1.29, 1.82) is 0 Å². The molecule has 0 aromatic carbocycles. The highest BCUT2D eigenvalue weighted by molar-refractivity contribution is 4.57. The first-order chi connectivity index (χ1) is 7.16. The minimum absolute atomic E-state index is 0.574. The van der Waals surface area contributed by atoms with Gasteiger partial charge in [-0.1, -0.05) is 20.8 Å². The third kappa shape index (κ3) is 11.8. The quantitative estimate of drug-likeness (QED) is 0.567. The van der Waals surface area contributed by atoms with Crippen molar-refractivity contribution in [3.05, 3.63) is 0 Å². The molecule has 1 unspecified atom stereocenters. The van der Waals surface area contributed by atoms with Gasteiger partial charge in [0.15, 0.2) is 0 Å². The maximum Gasteiger partial charge on any atom is 0.0700 e. The predicted octanol–water partition coefficient (Wildman–Crippen LogP) is 1.92. The van der Waals surface area contributed by atoms with Crippen molar-refractivity contribution < 1.29 is 9.47 Å². The van der Waals surface area contributed by atoms with E-state index in [0.29, 0.717) is 19.1 Å². The molecule has 0 aliphatic heterocycles. The lowest BCUT2D eigenvalue weighted by molar-refractivity contribution is 0.0398. The van der Waals surface area contributed by atoms with E-state index in [2.05, 4.69) is 26.1 Å². The Bertz CT molecular complexity index is 129. The van der Waals surface area contributed by atoms with Gasteiger partial charge in [-0.05, 0) is 31.8 Å². The van der Waals surface area contributed by atoms with Crippen molar-refractivity contribution in [2.24, 2.45) is 11.8 Å². The highest BCUT2D eigenvalue weighted by Gasteiger charge is 2.02. The molecule has 0 fully saturated rings. The molecule has 0 bridgehead atoms. The maximum atomic E-state index is 5.49. The van der Waals surface area contributed by atoms with Crippen molar-refractivity contribution in [1.82, 2.24) is 5.32 Å². The zero-order chi connectivity index (χ0) is 11.5. The van der Waals surface area contributed by atoms with Crippen molar-refractivity contribution in [3.63, 3.8) is 0 Å². The van der Waals surface area contributed by atoms with E-state index in [4.69, 9.17) is 9.47 Å². The smallest absolute Gasteiger partial charge is 0.0700 e. The summed E-state index contributed by atoms with van der Waals surface area (Å²) in [7, 11) is 0. The Balaban J connectivity index is 3.15. The summed E-state index contributed by atoms with van der Waals surface area (Å²) in [6.07, 6.45) is 0. The van der Waals surface area contributed by atoms with Gasteiger partial charge in [0.1, 0.15) is 0 Å². The van der Waals surface area contributed by atoms with Gasteiger partial charge in [0.25, 0.3) is 0 Å². The number of ether oxygens (including phenoxy) is 2. The van der Waals surface area contributed by atoms with E-state index in [1.165, 1.54) is 0 Å². The lowest BCUT2D eigenvalue weighted by Gasteiger charge is -2.14. The number of hydrogen-bond donors (Lipinski definition) is 1. The fraction of sp³-hybridized carbons (Fsp3) is 1.00. The zero-order valence-corrected chi connectivity index (χ0v) is 10.7. The third-order valence-electron chi connectivity index (χ3n) is 2.02. The van der Waals surface area contributed by atoms with Crippen molar-refractivity contribution in [3.8, 4) is 0 Å². The van der Waals surface area contributed by atoms with E-state index < -0.39 is 0 Å². The molecule has 0 amide bonds. The molecule has 92 valence electrons. The lowest BCUT2D eigenvalue weighted by atomic mass is 10.2. The Kier molecular flexibility index (Phi) is 10.3. The first kappa shape index (κ1) is 14.9. The molecule has 0 rings (SSSR count). The number of rotatable bonds is 10. The van der Waals surface area contributed by atoms with Gasteiger partial charge in [-0.25, -0.2) is 0 Å². The molecule has 3 heteroatoms. The molecule has 0 spiro atoms. The van der Waals surface area contributed by atoms with Gasteiger partial charge >= 0.3 is 0 Å². The van der Waals surface area contributed by atoms with Crippen LogP contribution in [0, 0.1) is 11.8 Å². The van der Waals surface area contributed by atoms with Gasteiger partial charge in [0.05, 0.1) is 19.8 Å². The average Bonchev–Trinajstić information content (AvgIpc) is 2.17. The second-order valence-corrected chi connectivity index (χ2v) is 4.43. The van der Waals surface area contributed by atoms with Crippen LogP contribution in [-0.4, -0.2) is 39.5 Å². The molecule has 0 heterocycles. The third-order valence-corrected chi connectivity index (χ3v) is 2.02. The maximum absolute atomic E-state index is 5.49. The lowest BCUT2D eigenvalue weighted by Crippen LogP contribution is -2.27. The molecule has 1 N–H and O–H groups in total. The fourth-order valence-corrected chi connectivity index (χ4v) is 1.22. The van der Waals surface area contributed by atoms with E-state index in [1.54, 1.807) is 0 Å². The molecule has 0 aliphatic carbocycles. The monoisotopic (exact) mass is 217 g/mol. The molecule has 3 nitrogen and oxygen atoms in total. The molecular formula is C12H27NO2. The summed E-state index contributed by atoms with van der Waals surface area (Å²) in [6, 6.07) is 0. The Morgan fingerprint density at radius 1 is 1.00 bits per heavy atom. The van der Waals surface area contributed by atoms with Gasteiger partial charge < -0.3 is 14.8 Å². The standard InChI is InChI=1S/C12H27NO2/c1-5-14-6-7-15-10-12(4)9-13-8-11(2)3/h11-13H,5-10H2,1-4H3. The highest BCUT2D eigenvalue weighted by atomic mass is 16.5. The van der Waals surface area contributed by atoms with Crippen LogP contribution in [0.2, 0.25) is 0 Å². The average molecular weight is 217 g/mol. The summed E-state index contributed by atoms with van der Waals surface area (Å²) in [5, 5.41) is 3.43. The number of nitrogens with one attached hydrogen (secondary N) is 1. The second-order valence-electron chi connectivity index (χ2n) is 4.43. The van der Waals surface area contributed by atoms with Crippen molar-refractivity contribution >= 4 is 0 Å². The summed E-state index contributed by atoms with van der Waals surface area (Å²) < 4.78 is 10.7. The molecule has 1 atom stereocenters. The van der Waals surface area contributed by atoms with Crippen LogP contribution in [0.1, 0.15) is 27.7 Å². The summed E-state index contributed by atoms with van der Waals surface area (Å²) in [4.78, 5) is 0. The minimum atomic E-state index is 0.574. The Morgan fingerprint density at radius 3 is 2.27 bits per heavy atom. The van der Waals surface area contributed by atoms with Gasteiger partial charge in [0, 0.05) is 6.61 Å². The highest BCUT2D eigenvalue weighted by Crippen LogP contribution is 1.95. The normalized spacial score (nSPS) is 13.4. The van der Waals surface area contributed by atoms with E-state index in [1.807, 2.05) is 6.92 Å². The fourth-order valence-electron chi connectivity index (χ4n) is 1.22. The molecule has 0 aliphatic rings. The zero-order valence-electron chi connectivity index (χ0n) is 10.7. The predicted molar refractivity (Wildman–Crippen MR) is 64.2 cm³/mol. The molecule has 0 saturated heterocycles. The van der Waals surface area contributed by atoms with Crippen molar-refractivity contribution in [2.75, 3.05) is 39.5 Å². The van der Waals surface area contributed by atoms with E-state index >= 15 is 0 Å². The van der Waals surface area contributed by atoms with Crippen LogP contribution >= 0.6 is 0 Å². The Morgan fingerprint density at radius 2 is 1.67 bits per heavy atom. The second kappa shape index (κ2) is 10.4. The molecule has 0 radical (unpaired) electrons. The molecule has 0 aromatic heterocycles. The van der Waals surface area contributed by atoms with E-state index in [9.17, 15) is 0 Å².